The lowest BCUT2D eigenvalue weighted by Crippen LogP contribution is -2.51. The average molecular weight is 186 g/mol. The first-order valence-electron chi connectivity index (χ1n) is 4.45. The van der Waals surface area contributed by atoms with Gasteiger partial charge in [-0.25, -0.2) is 0 Å². The molecule has 0 saturated heterocycles. The third-order valence-corrected chi connectivity index (χ3v) is 2.50. The highest BCUT2D eigenvalue weighted by atomic mass is 32.1. The van der Waals surface area contributed by atoms with Crippen LogP contribution >= 0.6 is 12.6 Å². The fourth-order valence-electron chi connectivity index (χ4n) is 1.25. The van der Waals surface area contributed by atoms with Crippen molar-refractivity contribution in [2.75, 3.05) is 6.54 Å². The average Bonchev–Trinajstić information content (AvgIpc) is 2.03. The molecule has 0 aromatic carbocycles. The maximum absolute atomic E-state index is 4.55. The van der Waals surface area contributed by atoms with E-state index in [4.69, 9.17) is 0 Å². The summed E-state index contributed by atoms with van der Waals surface area (Å²) >= 11 is 4.55. The molecule has 12 heavy (non-hydrogen) atoms. The molecule has 2 nitrogen and oxygen atoms in total. The zero-order valence-corrected chi connectivity index (χ0v) is 8.91. The molecule has 0 radical (unpaired) electrons. The van der Waals surface area contributed by atoms with Gasteiger partial charge in [0.25, 0.3) is 0 Å². The van der Waals surface area contributed by atoms with Crippen LogP contribution in [0.2, 0.25) is 0 Å². The van der Waals surface area contributed by atoms with Gasteiger partial charge in [-0.3, -0.25) is 0 Å². The summed E-state index contributed by atoms with van der Waals surface area (Å²) in [6.45, 7) is 7.37. The van der Waals surface area contributed by atoms with Gasteiger partial charge in [-0.2, -0.15) is 12.6 Å². The minimum Gasteiger partial charge on any atom is -0.387 e. The Morgan fingerprint density at radius 3 is 2.83 bits per heavy atom. The van der Waals surface area contributed by atoms with Gasteiger partial charge in [0.05, 0.1) is 6.04 Å². The number of rotatable bonds is 2. The van der Waals surface area contributed by atoms with Crippen molar-refractivity contribution in [2.24, 2.45) is 0 Å². The lowest BCUT2D eigenvalue weighted by molar-refractivity contribution is 0.432. The van der Waals surface area contributed by atoms with Gasteiger partial charge in [0.15, 0.2) is 0 Å². The summed E-state index contributed by atoms with van der Waals surface area (Å²) in [5.74, 6) is 0. The van der Waals surface area contributed by atoms with E-state index in [1.165, 1.54) is 5.70 Å². The Labute approximate surface area is 80.2 Å². The first-order valence-corrected chi connectivity index (χ1v) is 4.90. The smallest absolute Gasteiger partial charge is 0.0570 e. The molecule has 0 aromatic heterocycles. The van der Waals surface area contributed by atoms with Crippen molar-refractivity contribution >= 4 is 12.6 Å². The van der Waals surface area contributed by atoms with Gasteiger partial charge in [0, 0.05) is 23.2 Å². The Bertz CT molecular complexity index is 181. The van der Waals surface area contributed by atoms with Crippen LogP contribution in [0.25, 0.3) is 0 Å². The molecule has 3 heteroatoms. The van der Waals surface area contributed by atoms with Gasteiger partial charge in [-0.15, -0.1) is 0 Å². The van der Waals surface area contributed by atoms with Gasteiger partial charge < -0.3 is 10.6 Å². The Kier molecular flexibility index (Phi) is 2.94. The van der Waals surface area contributed by atoms with E-state index in [-0.39, 0.29) is 4.75 Å². The summed E-state index contributed by atoms with van der Waals surface area (Å²) in [4.78, 5) is 0. The summed E-state index contributed by atoms with van der Waals surface area (Å²) in [7, 11) is 0. The van der Waals surface area contributed by atoms with Crippen LogP contribution in [-0.2, 0) is 0 Å². The molecule has 1 unspecified atom stereocenters. The first kappa shape index (κ1) is 9.78. The first-order chi connectivity index (χ1) is 5.54. The molecule has 70 valence electrons. The summed E-state index contributed by atoms with van der Waals surface area (Å²) < 4.78 is 0.0294. The molecule has 0 aliphatic carbocycles. The second-order valence-electron chi connectivity index (χ2n) is 3.78. The molecule has 1 aliphatic rings. The summed E-state index contributed by atoms with van der Waals surface area (Å²) in [5, 5.41) is 6.73. The van der Waals surface area contributed by atoms with Gasteiger partial charge in [-0.1, -0.05) is 6.92 Å². The highest BCUT2D eigenvalue weighted by molar-refractivity contribution is 7.81. The van der Waals surface area contributed by atoms with Gasteiger partial charge in [0.1, 0.15) is 0 Å². The van der Waals surface area contributed by atoms with Crippen LogP contribution < -0.4 is 10.6 Å². The molecule has 0 bridgehead atoms. The summed E-state index contributed by atoms with van der Waals surface area (Å²) in [6, 6.07) is 0.417. The standard InChI is InChI=1S/C9H18N2S/c1-4-7-5-10-6-8(11-7)9(2,3)12/h5,8,10-12H,4,6H2,1-3H3. The van der Waals surface area contributed by atoms with Gasteiger partial charge in [0.2, 0.25) is 0 Å². The minimum absolute atomic E-state index is 0.0294. The van der Waals surface area contributed by atoms with E-state index in [1.807, 2.05) is 0 Å². The lowest BCUT2D eigenvalue weighted by Gasteiger charge is -2.35. The fraction of sp³-hybridized carbons (Fsp3) is 0.778. The normalized spacial score (nSPS) is 24.0. The Morgan fingerprint density at radius 1 is 1.67 bits per heavy atom. The number of hydrogen-bond donors (Lipinski definition) is 3. The summed E-state index contributed by atoms with van der Waals surface area (Å²) in [5.41, 5.74) is 1.27. The molecule has 0 saturated carbocycles. The van der Waals surface area contributed by atoms with Gasteiger partial charge >= 0.3 is 0 Å². The molecule has 1 heterocycles. The van der Waals surface area contributed by atoms with Crippen molar-refractivity contribution in [1.29, 1.82) is 0 Å². The minimum atomic E-state index is 0.0294. The van der Waals surface area contributed by atoms with Crippen molar-refractivity contribution < 1.29 is 0 Å². The number of hydrogen-bond acceptors (Lipinski definition) is 3. The number of nitrogens with one attached hydrogen (secondary N) is 2. The zero-order chi connectivity index (χ0) is 9.19. The van der Waals surface area contributed by atoms with Crippen LogP contribution in [0.4, 0.5) is 0 Å². The molecule has 0 fully saturated rings. The van der Waals surface area contributed by atoms with Crippen molar-refractivity contribution in [3.63, 3.8) is 0 Å². The Hall–Kier alpha value is -0.310. The third kappa shape index (κ3) is 2.34. The molecule has 0 amide bonds. The Balaban J connectivity index is 2.57. The maximum atomic E-state index is 4.55. The molecular weight excluding hydrogens is 168 g/mol. The maximum Gasteiger partial charge on any atom is 0.0570 e. The monoisotopic (exact) mass is 186 g/mol. The SMILES string of the molecule is CCC1=CNCC(C(C)(C)S)N1. The van der Waals surface area contributed by atoms with E-state index >= 15 is 0 Å². The molecular formula is C9H18N2S. The van der Waals surface area contributed by atoms with E-state index in [0.29, 0.717) is 6.04 Å². The largest absolute Gasteiger partial charge is 0.387 e. The lowest BCUT2D eigenvalue weighted by atomic mass is 10.0. The van der Waals surface area contributed by atoms with Crippen LogP contribution in [-0.4, -0.2) is 17.3 Å². The highest BCUT2D eigenvalue weighted by Crippen LogP contribution is 2.19. The fourth-order valence-corrected chi connectivity index (χ4v) is 1.40. The van der Waals surface area contributed by atoms with E-state index in [1.54, 1.807) is 0 Å². The van der Waals surface area contributed by atoms with Crippen molar-refractivity contribution in [1.82, 2.24) is 10.6 Å². The van der Waals surface area contributed by atoms with Crippen LogP contribution in [0.15, 0.2) is 11.9 Å². The highest BCUT2D eigenvalue weighted by Gasteiger charge is 2.26. The second-order valence-corrected chi connectivity index (χ2v) is 4.93. The molecule has 0 spiro atoms. The van der Waals surface area contributed by atoms with E-state index in [9.17, 15) is 0 Å². The molecule has 2 N–H and O–H groups in total. The molecule has 1 atom stereocenters. The Morgan fingerprint density at radius 2 is 2.33 bits per heavy atom. The van der Waals surface area contributed by atoms with Crippen LogP contribution in [0, 0.1) is 0 Å². The topological polar surface area (TPSA) is 24.1 Å². The van der Waals surface area contributed by atoms with Crippen molar-refractivity contribution in [3.8, 4) is 0 Å². The molecule has 0 aromatic rings. The van der Waals surface area contributed by atoms with E-state index in [2.05, 4.69) is 50.2 Å². The van der Waals surface area contributed by atoms with Crippen molar-refractivity contribution in [2.45, 2.75) is 38.0 Å². The quantitative estimate of drug-likeness (QED) is 0.569. The van der Waals surface area contributed by atoms with E-state index in [0.717, 1.165) is 13.0 Å². The van der Waals surface area contributed by atoms with E-state index < -0.39 is 0 Å². The predicted molar refractivity (Wildman–Crippen MR) is 56.4 cm³/mol. The predicted octanol–water partition coefficient (Wildman–Crippen LogP) is 1.51. The van der Waals surface area contributed by atoms with Crippen LogP contribution in [0.5, 0.6) is 0 Å². The zero-order valence-electron chi connectivity index (χ0n) is 8.02. The number of thiol groups is 1. The summed E-state index contributed by atoms with van der Waals surface area (Å²) in [6.07, 6.45) is 3.10. The number of allylic oxidation sites excluding steroid dienone is 1. The van der Waals surface area contributed by atoms with Crippen LogP contribution in [0.1, 0.15) is 27.2 Å². The van der Waals surface area contributed by atoms with Gasteiger partial charge in [-0.05, 0) is 20.3 Å². The third-order valence-electron chi connectivity index (χ3n) is 2.19. The van der Waals surface area contributed by atoms with Crippen molar-refractivity contribution in [3.05, 3.63) is 11.9 Å². The molecule has 1 rings (SSSR count). The second kappa shape index (κ2) is 3.60. The molecule has 1 aliphatic heterocycles. The van der Waals surface area contributed by atoms with Crippen LogP contribution in [0.3, 0.4) is 0 Å².